The van der Waals surface area contributed by atoms with Crippen molar-refractivity contribution < 1.29 is 4.79 Å². The van der Waals surface area contributed by atoms with E-state index in [-0.39, 0.29) is 11.8 Å². The minimum Gasteiger partial charge on any atom is -0.357 e. The molecule has 5 heteroatoms. The molecule has 0 bridgehead atoms. The third kappa shape index (κ3) is 6.40. The van der Waals surface area contributed by atoms with Crippen molar-refractivity contribution in [1.82, 2.24) is 10.6 Å². The van der Waals surface area contributed by atoms with E-state index in [1.165, 1.54) is 12.8 Å². The first-order valence-corrected chi connectivity index (χ1v) is 9.57. The van der Waals surface area contributed by atoms with E-state index in [9.17, 15) is 4.79 Å². The molecule has 0 aliphatic heterocycles. The molecule has 1 aromatic rings. The first-order chi connectivity index (χ1) is 12.1. The quantitative estimate of drug-likeness (QED) is 0.522. The number of nitrogens with zero attached hydrogens (tertiary/aromatic N) is 1. The molecule has 3 N–H and O–H groups in total. The topological polar surface area (TPSA) is 65.5 Å². The zero-order chi connectivity index (χ0) is 18.1. The number of rotatable bonds is 7. The summed E-state index contributed by atoms with van der Waals surface area (Å²) >= 11 is 0. The van der Waals surface area contributed by atoms with Crippen molar-refractivity contribution in [3.05, 3.63) is 29.8 Å². The molecule has 1 aliphatic carbocycles. The fourth-order valence-corrected chi connectivity index (χ4v) is 3.01. The van der Waals surface area contributed by atoms with E-state index < -0.39 is 0 Å². The summed E-state index contributed by atoms with van der Waals surface area (Å²) in [5, 5.41) is 9.72. The third-order valence-electron chi connectivity index (χ3n) is 4.68. The minimum absolute atomic E-state index is 0.157. The fourth-order valence-electron chi connectivity index (χ4n) is 3.01. The van der Waals surface area contributed by atoms with Crippen LogP contribution >= 0.6 is 0 Å². The van der Waals surface area contributed by atoms with Gasteiger partial charge < -0.3 is 16.0 Å². The number of nitrogens with one attached hydrogen (secondary N) is 3. The Labute approximate surface area is 151 Å². The van der Waals surface area contributed by atoms with Crippen LogP contribution in [0, 0.1) is 5.92 Å². The second kappa shape index (κ2) is 10.1. The van der Waals surface area contributed by atoms with E-state index in [1.54, 1.807) is 0 Å². The molecule has 0 heterocycles. The Hall–Kier alpha value is -2.04. The second-order valence-electron chi connectivity index (χ2n) is 6.82. The summed E-state index contributed by atoms with van der Waals surface area (Å²) in [6.07, 6.45) is 5.42. The van der Waals surface area contributed by atoms with Gasteiger partial charge in [0.05, 0.1) is 6.54 Å². The highest BCUT2D eigenvalue weighted by Crippen LogP contribution is 2.26. The van der Waals surface area contributed by atoms with Gasteiger partial charge in [0.25, 0.3) is 0 Å². The number of hydrogen-bond acceptors (Lipinski definition) is 2. The number of anilines is 1. The normalized spacial score (nSPS) is 16.5. The molecule has 0 aromatic heterocycles. The van der Waals surface area contributed by atoms with Gasteiger partial charge in [0.2, 0.25) is 5.91 Å². The number of amides is 1. The van der Waals surface area contributed by atoms with Gasteiger partial charge in [-0.05, 0) is 50.8 Å². The molecule has 2 rings (SSSR count). The Morgan fingerprint density at radius 1 is 1.28 bits per heavy atom. The summed E-state index contributed by atoms with van der Waals surface area (Å²) in [6.45, 7) is 7.77. The molecule has 1 aliphatic rings. The van der Waals surface area contributed by atoms with Crippen LogP contribution in [0.4, 0.5) is 5.69 Å². The largest absolute Gasteiger partial charge is 0.357 e. The van der Waals surface area contributed by atoms with Crippen LogP contribution in [0.1, 0.15) is 58.4 Å². The summed E-state index contributed by atoms with van der Waals surface area (Å²) in [5.74, 6) is 1.17. The van der Waals surface area contributed by atoms with Gasteiger partial charge in [-0.3, -0.25) is 4.79 Å². The van der Waals surface area contributed by atoms with Gasteiger partial charge in [0, 0.05) is 24.2 Å². The summed E-state index contributed by atoms with van der Waals surface area (Å²) in [6, 6.07) is 8.37. The van der Waals surface area contributed by atoms with E-state index in [2.05, 4.69) is 41.7 Å². The van der Waals surface area contributed by atoms with Gasteiger partial charge in [-0.15, -0.1) is 0 Å². The van der Waals surface area contributed by atoms with Crippen LogP contribution in [0.25, 0.3) is 0 Å². The molecule has 5 nitrogen and oxygen atoms in total. The molecule has 1 aromatic carbocycles. The smallest absolute Gasteiger partial charge is 0.227 e. The van der Waals surface area contributed by atoms with Crippen LogP contribution in [-0.2, 0) is 11.3 Å². The average molecular weight is 345 g/mol. The van der Waals surface area contributed by atoms with Crippen molar-refractivity contribution in [1.29, 1.82) is 0 Å². The Bertz CT molecular complexity index is 579. The van der Waals surface area contributed by atoms with Crippen molar-refractivity contribution >= 4 is 17.6 Å². The molecule has 1 fully saturated rings. The van der Waals surface area contributed by atoms with E-state index >= 15 is 0 Å². The van der Waals surface area contributed by atoms with Crippen molar-refractivity contribution in [3.8, 4) is 0 Å². The van der Waals surface area contributed by atoms with Crippen LogP contribution in [0.2, 0.25) is 0 Å². The lowest BCUT2D eigenvalue weighted by Crippen LogP contribution is -2.41. The van der Waals surface area contributed by atoms with E-state index in [0.29, 0.717) is 12.6 Å². The SMILES string of the molecule is CCNC(=NCc1cccc(NC(=O)C2CCCC2)c1)NC(C)CC. The van der Waals surface area contributed by atoms with E-state index in [4.69, 9.17) is 0 Å². The lowest BCUT2D eigenvalue weighted by Gasteiger charge is -2.16. The maximum Gasteiger partial charge on any atom is 0.227 e. The molecule has 1 unspecified atom stereocenters. The predicted molar refractivity (Wildman–Crippen MR) is 105 cm³/mol. The van der Waals surface area contributed by atoms with Gasteiger partial charge >= 0.3 is 0 Å². The van der Waals surface area contributed by atoms with Gasteiger partial charge in [0.1, 0.15) is 0 Å². The minimum atomic E-state index is 0.157. The molecule has 0 radical (unpaired) electrons. The molecule has 1 amide bonds. The Kier molecular flexibility index (Phi) is 7.76. The highest BCUT2D eigenvalue weighted by atomic mass is 16.1. The number of carbonyl (C=O) groups excluding carboxylic acids is 1. The number of hydrogen-bond donors (Lipinski definition) is 3. The Balaban J connectivity index is 1.96. The average Bonchev–Trinajstić information content (AvgIpc) is 3.15. The summed E-state index contributed by atoms with van der Waals surface area (Å²) < 4.78 is 0. The first kappa shape index (κ1) is 19.3. The predicted octanol–water partition coefficient (Wildman–Crippen LogP) is 3.67. The van der Waals surface area contributed by atoms with E-state index in [1.807, 2.05) is 24.3 Å². The summed E-state index contributed by atoms with van der Waals surface area (Å²) in [4.78, 5) is 16.9. The van der Waals surface area contributed by atoms with Gasteiger partial charge in [-0.1, -0.05) is 31.9 Å². The van der Waals surface area contributed by atoms with Crippen molar-refractivity contribution in [2.75, 3.05) is 11.9 Å². The van der Waals surface area contributed by atoms with Gasteiger partial charge in [-0.25, -0.2) is 4.99 Å². The zero-order valence-corrected chi connectivity index (χ0v) is 15.8. The lowest BCUT2D eigenvalue weighted by atomic mass is 10.1. The number of carbonyl (C=O) groups is 1. The summed E-state index contributed by atoms with van der Waals surface area (Å²) in [5.41, 5.74) is 1.95. The highest BCUT2D eigenvalue weighted by Gasteiger charge is 2.22. The Morgan fingerprint density at radius 2 is 2.04 bits per heavy atom. The Morgan fingerprint density at radius 3 is 2.72 bits per heavy atom. The lowest BCUT2D eigenvalue weighted by molar-refractivity contribution is -0.119. The molecular weight excluding hydrogens is 312 g/mol. The van der Waals surface area contributed by atoms with Crippen LogP contribution in [-0.4, -0.2) is 24.5 Å². The monoisotopic (exact) mass is 344 g/mol. The van der Waals surface area contributed by atoms with Crippen molar-refractivity contribution in [3.63, 3.8) is 0 Å². The van der Waals surface area contributed by atoms with Crippen LogP contribution < -0.4 is 16.0 Å². The highest BCUT2D eigenvalue weighted by molar-refractivity contribution is 5.92. The maximum absolute atomic E-state index is 12.3. The molecule has 0 spiro atoms. The number of aliphatic imine (C=N–C) groups is 1. The van der Waals surface area contributed by atoms with Gasteiger partial charge in [0.15, 0.2) is 5.96 Å². The standard InChI is InChI=1S/C20H32N4O/c1-4-15(3)23-20(21-5-2)22-14-16-9-8-12-18(13-16)24-19(25)17-10-6-7-11-17/h8-9,12-13,15,17H,4-7,10-11,14H2,1-3H3,(H,24,25)(H2,21,22,23). The summed E-state index contributed by atoms with van der Waals surface area (Å²) in [7, 11) is 0. The number of benzene rings is 1. The maximum atomic E-state index is 12.3. The van der Waals surface area contributed by atoms with Crippen LogP contribution in [0.15, 0.2) is 29.3 Å². The van der Waals surface area contributed by atoms with Crippen molar-refractivity contribution in [2.24, 2.45) is 10.9 Å². The fraction of sp³-hybridized carbons (Fsp3) is 0.600. The van der Waals surface area contributed by atoms with Crippen LogP contribution in [0.3, 0.4) is 0 Å². The number of guanidine groups is 1. The van der Waals surface area contributed by atoms with E-state index in [0.717, 1.165) is 43.0 Å². The van der Waals surface area contributed by atoms with Crippen molar-refractivity contribution in [2.45, 2.75) is 65.5 Å². The first-order valence-electron chi connectivity index (χ1n) is 9.57. The molecule has 1 saturated carbocycles. The molecule has 0 saturated heterocycles. The molecule has 25 heavy (non-hydrogen) atoms. The zero-order valence-electron chi connectivity index (χ0n) is 15.8. The molecule has 138 valence electrons. The van der Waals surface area contributed by atoms with Crippen LogP contribution in [0.5, 0.6) is 0 Å². The van der Waals surface area contributed by atoms with Gasteiger partial charge in [-0.2, -0.15) is 0 Å². The third-order valence-corrected chi connectivity index (χ3v) is 4.68. The molecular formula is C20H32N4O. The second-order valence-corrected chi connectivity index (χ2v) is 6.82. The molecule has 1 atom stereocenters.